The van der Waals surface area contributed by atoms with E-state index in [1.807, 2.05) is 12.1 Å². The van der Waals surface area contributed by atoms with Crippen LogP contribution in [-0.2, 0) is 0 Å². The molecule has 2 aromatic carbocycles. The van der Waals surface area contributed by atoms with Crippen molar-refractivity contribution in [1.82, 2.24) is 0 Å². The Balaban J connectivity index is 2.23. The van der Waals surface area contributed by atoms with Crippen LogP contribution in [0.4, 0.5) is 5.69 Å². The number of nitrogens with zero attached hydrogens (tertiary/aromatic N) is 1. The molecule has 0 N–H and O–H groups in total. The highest BCUT2D eigenvalue weighted by Gasteiger charge is 2.01. The SMILES string of the molecule is CC(=O)c1ccc(N=Cc2cccc(Cl)c2Cl)cc1. The molecule has 4 heteroatoms. The number of carbonyl (C=O) groups is 1. The third-order valence-electron chi connectivity index (χ3n) is 2.61. The van der Waals surface area contributed by atoms with Crippen molar-refractivity contribution in [1.29, 1.82) is 0 Å². The van der Waals surface area contributed by atoms with E-state index >= 15 is 0 Å². The first-order chi connectivity index (χ1) is 9.08. The number of aliphatic imine (C=N–C) groups is 1. The van der Waals surface area contributed by atoms with Gasteiger partial charge in [-0.1, -0.05) is 35.3 Å². The summed E-state index contributed by atoms with van der Waals surface area (Å²) in [5, 5.41) is 0.978. The van der Waals surface area contributed by atoms with E-state index in [4.69, 9.17) is 23.2 Å². The molecule has 19 heavy (non-hydrogen) atoms. The zero-order chi connectivity index (χ0) is 13.8. The summed E-state index contributed by atoms with van der Waals surface area (Å²) in [6.07, 6.45) is 1.65. The number of hydrogen-bond donors (Lipinski definition) is 0. The average molecular weight is 292 g/mol. The van der Waals surface area contributed by atoms with Crippen molar-refractivity contribution < 1.29 is 4.79 Å². The Morgan fingerprint density at radius 2 is 1.79 bits per heavy atom. The Labute approximate surface area is 121 Å². The van der Waals surface area contributed by atoms with Crippen molar-refractivity contribution in [3.63, 3.8) is 0 Å². The maximum atomic E-state index is 11.1. The highest BCUT2D eigenvalue weighted by Crippen LogP contribution is 2.24. The van der Waals surface area contributed by atoms with Gasteiger partial charge < -0.3 is 0 Å². The highest BCUT2D eigenvalue weighted by molar-refractivity contribution is 6.43. The molecule has 0 radical (unpaired) electrons. The quantitative estimate of drug-likeness (QED) is 0.581. The molecule has 0 unspecified atom stereocenters. The van der Waals surface area contributed by atoms with Crippen LogP contribution < -0.4 is 0 Å². The van der Waals surface area contributed by atoms with E-state index in [1.54, 1.807) is 36.5 Å². The first-order valence-corrected chi connectivity index (χ1v) is 6.42. The van der Waals surface area contributed by atoms with Crippen LogP contribution in [0.25, 0.3) is 0 Å². The molecular formula is C15H11Cl2NO. The molecule has 0 saturated heterocycles. The zero-order valence-corrected chi connectivity index (χ0v) is 11.7. The average Bonchev–Trinajstić information content (AvgIpc) is 2.41. The predicted octanol–water partition coefficient (Wildman–Crippen LogP) is 4.95. The van der Waals surface area contributed by atoms with E-state index < -0.39 is 0 Å². The van der Waals surface area contributed by atoms with Gasteiger partial charge in [0, 0.05) is 17.3 Å². The first kappa shape index (κ1) is 13.8. The van der Waals surface area contributed by atoms with Gasteiger partial charge in [-0.15, -0.1) is 0 Å². The number of benzene rings is 2. The molecule has 0 saturated carbocycles. The van der Waals surface area contributed by atoms with Gasteiger partial charge in [0.15, 0.2) is 5.78 Å². The van der Waals surface area contributed by atoms with E-state index in [9.17, 15) is 4.79 Å². The maximum Gasteiger partial charge on any atom is 0.159 e. The lowest BCUT2D eigenvalue weighted by Crippen LogP contribution is -1.89. The lowest BCUT2D eigenvalue weighted by atomic mass is 10.1. The van der Waals surface area contributed by atoms with E-state index in [1.165, 1.54) is 6.92 Å². The number of rotatable bonds is 3. The summed E-state index contributed by atoms with van der Waals surface area (Å²) in [5.74, 6) is 0.0356. The monoisotopic (exact) mass is 291 g/mol. The minimum atomic E-state index is 0.0356. The molecule has 0 aliphatic rings. The van der Waals surface area contributed by atoms with Gasteiger partial charge in [0.05, 0.1) is 15.7 Å². The van der Waals surface area contributed by atoms with Gasteiger partial charge >= 0.3 is 0 Å². The van der Waals surface area contributed by atoms with Crippen molar-refractivity contribution in [3.8, 4) is 0 Å². The molecule has 0 amide bonds. The second-order valence-electron chi connectivity index (χ2n) is 4.00. The molecule has 0 aliphatic carbocycles. The normalized spacial score (nSPS) is 10.9. The van der Waals surface area contributed by atoms with E-state index in [0.29, 0.717) is 15.6 Å². The number of halogens is 2. The van der Waals surface area contributed by atoms with Crippen LogP contribution in [0.1, 0.15) is 22.8 Å². The van der Waals surface area contributed by atoms with Crippen LogP contribution in [0.3, 0.4) is 0 Å². The minimum Gasteiger partial charge on any atom is -0.295 e. The van der Waals surface area contributed by atoms with Crippen molar-refractivity contribution >= 4 is 40.9 Å². The number of carbonyl (C=O) groups excluding carboxylic acids is 1. The Bertz CT molecular complexity index is 633. The Morgan fingerprint density at radius 3 is 2.42 bits per heavy atom. The van der Waals surface area contributed by atoms with Crippen molar-refractivity contribution in [3.05, 3.63) is 63.6 Å². The second-order valence-corrected chi connectivity index (χ2v) is 4.79. The molecule has 0 aliphatic heterocycles. The Hall–Kier alpha value is -1.64. The third-order valence-corrected chi connectivity index (χ3v) is 3.44. The molecule has 96 valence electrons. The molecular weight excluding hydrogens is 281 g/mol. The first-order valence-electron chi connectivity index (χ1n) is 5.67. The Kier molecular flexibility index (Phi) is 4.35. The lowest BCUT2D eigenvalue weighted by Gasteiger charge is -2.00. The topological polar surface area (TPSA) is 29.4 Å². The summed E-state index contributed by atoms with van der Waals surface area (Å²) in [5.41, 5.74) is 2.17. The van der Waals surface area contributed by atoms with Gasteiger partial charge in [0.1, 0.15) is 0 Å². The Morgan fingerprint density at radius 1 is 1.11 bits per heavy atom. The fourth-order valence-corrected chi connectivity index (χ4v) is 1.90. The fourth-order valence-electron chi connectivity index (χ4n) is 1.55. The van der Waals surface area contributed by atoms with Crippen LogP contribution in [0, 0.1) is 0 Å². The second kappa shape index (κ2) is 6.00. The molecule has 2 rings (SSSR count). The number of hydrogen-bond acceptors (Lipinski definition) is 2. The van der Waals surface area contributed by atoms with Crippen LogP contribution in [0.5, 0.6) is 0 Å². The van der Waals surface area contributed by atoms with Crippen molar-refractivity contribution in [2.75, 3.05) is 0 Å². The molecule has 0 bridgehead atoms. The molecule has 0 atom stereocenters. The summed E-state index contributed by atoms with van der Waals surface area (Å²) in [6.45, 7) is 1.53. The summed E-state index contributed by atoms with van der Waals surface area (Å²) in [4.78, 5) is 15.4. The summed E-state index contributed by atoms with van der Waals surface area (Å²) >= 11 is 12.0. The van der Waals surface area contributed by atoms with Crippen LogP contribution in [0.15, 0.2) is 47.5 Å². The van der Waals surface area contributed by atoms with E-state index in [0.717, 1.165) is 11.3 Å². The van der Waals surface area contributed by atoms with Gasteiger partial charge in [-0.25, -0.2) is 0 Å². The fraction of sp³-hybridized carbons (Fsp3) is 0.0667. The smallest absolute Gasteiger partial charge is 0.159 e. The van der Waals surface area contributed by atoms with Crippen LogP contribution in [-0.4, -0.2) is 12.0 Å². The van der Waals surface area contributed by atoms with Crippen LogP contribution in [0.2, 0.25) is 10.0 Å². The van der Waals surface area contributed by atoms with Crippen molar-refractivity contribution in [2.45, 2.75) is 6.92 Å². The van der Waals surface area contributed by atoms with E-state index in [-0.39, 0.29) is 5.78 Å². The van der Waals surface area contributed by atoms with Gasteiger partial charge in [-0.2, -0.15) is 0 Å². The number of ketones is 1. The molecule has 0 fully saturated rings. The highest BCUT2D eigenvalue weighted by atomic mass is 35.5. The zero-order valence-electron chi connectivity index (χ0n) is 10.2. The molecule has 0 heterocycles. The van der Waals surface area contributed by atoms with Crippen LogP contribution >= 0.6 is 23.2 Å². The van der Waals surface area contributed by atoms with Gasteiger partial charge in [0.25, 0.3) is 0 Å². The largest absolute Gasteiger partial charge is 0.295 e. The standard InChI is InChI=1S/C15H11Cl2NO/c1-10(19)11-5-7-13(8-6-11)18-9-12-3-2-4-14(16)15(12)17/h2-9H,1H3. The van der Waals surface area contributed by atoms with Gasteiger partial charge in [-0.05, 0) is 37.3 Å². The predicted molar refractivity (Wildman–Crippen MR) is 80.2 cm³/mol. The molecule has 2 nitrogen and oxygen atoms in total. The molecule has 0 aromatic heterocycles. The molecule has 2 aromatic rings. The van der Waals surface area contributed by atoms with Gasteiger partial charge in [-0.3, -0.25) is 9.79 Å². The van der Waals surface area contributed by atoms with E-state index in [2.05, 4.69) is 4.99 Å². The van der Waals surface area contributed by atoms with Crippen molar-refractivity contribution in [2.24, 2.45) is 4.99 Å². The third kappa shape index (κ3) is 3.43. The summed E-state index contributed by atoms with van der Waals surface area (Å²) < 4.78 is 0. The number of Topliss-reactive ketones (excluding diaryl/α,β-unsaturated/α-hetero) is 1. The maximum absolute atomic E-state index is 11.1. The summed E-state index contributed by atoms with van der Waals surface area (Å²) in [7, 11) is 0. The minimum absolute atomic E-state index is 0.0356. The molecule has 0 spiro atoms. The summed E-state index contributed by atoms with van der Waals surface area (Å²) in [6, 6.07) is 12.4. The van der Waals surface area contributed by atoms with Gasteiger partial charge in [0.2, 0.25) is 0 Å². The lowest BCUT2D eigenvalue weighted by molar-refractivity contribution is 0.101.